The molecule has 0 spiro atoms. The summed E-state index contributed by atoms with van der Waals surface area (Å²) in [6, 6.07) is 0. The van der Waals surface area contributed by atoms with Gasteiger partial charge in [0.15, 0.2) is 6.10 Å². The lowest BCUT2D eigenvalue weighted by atomic mass is 10.0. The highest BCUT2D eigenvalue weighted by Crippen LogP contribution is 2.17. The Kier molecular flexibility index (Phi) is 50.2. The van der Waals surface area contributed by atoms with Crippen molar-refractivity contribution in [2.75, 3.05) is 13.2 Å². The Morgan fingerprint density at radius 2 is 0.532 bits per heavy atom. The van der Waals surface area contributed by atoms with Gasteiger partial charge in [-0.1, -0.05) is 258 Å². The molecule has 6 nitrogen and oxygen atoms in total. The smallest absolute Gasteiger partial charge is 0.306 e. The molecule has 0 bridgehead atoms. The lowest BCUT2D eigenvalue weighted by Gasteiger charge is -2.18. The summed E-state index contributed by atoms with van der Waals surface area (Å²) in [6.07, 6.45) is 57.6. The Morgan fingerprint density at radius 3 is 0.806 bits per heavy atom. The summed E-state index contributed by atoms with van der Waals surface area (Å²) in [5.74, 6) is -0.850. The van der Waals surface area contributed by atoms with Crippen molar-refractivity contribution in [3.05, 3.63) is 12.2 Å². The molecule has 0 amide bonds. The van der Waals surface area contributed by atoms with E-state index in [-0.39, 0.29) is 31.1 Å². The molecule has 0 saturated heterocycles. The van der Waals surface area contributed by atoms with Gasteiger partial charge in [0, 0.05) is 19.3 Å². The summed E-state index contributed by atoms with van der Waals surface area (Å²) in [5, 5.41) is 0. The highest BCUT2D eigenvalue weighted by atomic mass is 16.6. The molecule has 0 aromatic heterocycles. The quantitative estimate of drug-likeness (QED) is 0.0262. The van der Waals surface area contributed by atoms with Crippen LogP contribution in [0.2, 0.25) is 0 Å². The molecule has 0 saturated carbocycles. The summed E-state index contributed by atoms with van der Waals surface area (Å²) in [4.78, 5) is 38.0. The van der Waals surface area contributed by atoms with Gasteiger partial charge < -0.3 is 14.2 Å². The maximum Gasteiger partial charge on any atom is 0.306 e. The van der Waals surface area contributed by atoms with E-state index in [4.69, 9.17) is 14.2 Å². The van der Waals surface area contributed by atoms with Gasteiger partial charge in [0.05, 0.1) is 0 Å². The normalized spacial score (nSPS) is 12.0. The number of carbonyl (C=O) groups is 3. The molecular formula is C56H106O6. The van der Waals surface area contributed by atoms with E-state index >= 15 is 0 Å². The van der Waals surface area contributed by atoms with E-state index in [0.717, 1.165) is 57.8 Å². The molecule has 0 aromatic carbocycles. The molecule has 0 rings (SSSR count). The third-order valence-electron chi connectivity index (χ3n) is 12.5. The zero-order chi connectivity index (χ0) is 45.1. The Balaban J connectivity index is 4.30. The van der Waals surface area contributed by atoms with E-state index in [9.17, 15) is 14.4 Å². The Morgan fingerprint density at radius 1 is 0.306 bits per heavy atom. The summed E-state index contributed by atoms with van der Waals surface area (Å²) < 4.78 is 16.8. The molecule has 62 heavy (non-hydrogen) atoms. The van der Waals surface area contributed by atoms with Gasteiger partial charge in [-0.3, -0.25) is 14.4 Å². The van der Waals surface area contributed by atoms with Gasteiger partial charge in [-0.15, -0.1) is 0 Å². The van der Waals surface area contributed by atoms with Crippen LogP contribution in [-0.4, -0.2) is 37.2 Å². The van der Waals surface area contributed by atoms with E-state index in [2.05, 4.69) is 32.9 Å². The lowest BCUT2D eigenvalue weighted by molar-refractivity contribution is -0.167. The molecule has 0 aliphatic carbocycles. The van der Waals surface area contributed by atoms with Gasteiger partial charge in [0.2, 0.25) is 0 Å². The van der Waals surface area contributed by atoms with Crippen LogP contribution in [0.25, 0.3) is 0 Å². The van der Waals surface area contributed by atoms with Gasteiger partial charge in [0.25, 0.3) is 0 Å². The zero-order valence-electron chi connectivity index (χ0n) is 41.9. The van der Waals surface area contributed by atoms with Crippen molar-refractivity contribution in [3.63, 3.8) is 0 Å². The molecule has 6 heteroatoms. The molecule has 1 atom stereocenters. The minimum Gasteiger partial charge on any atom is -0.462 e. The number of carbonyl (C=O) groups excluding carboxylic acids is 3. The van der Waals surface area contributed by atoms with Crippen molar-refractivity contribution in [2.45, 2.75) is 316 Å². The van der Waals surface area contributed by atoms with Crippen LogP contribution < -0.4 is 0 Å². The van der Waals surface area contributed by atoms with Gasteiger partial charge >= 0.3 is 17.9 Å². The maximum atomic E-state index is 12.8. The molecule has 0 fully saturated rings. The standard InChI is InChI=1S/C56H106O6/c1-4-7-10-13-16-19-22-25-27-28-29-30-32-34-37-40-43-46-49-55(58)61-52-53(51-60-54(57)48-45-42-39-36-33-24-21-18-15-12-9-6-3)62-56(59)50-47-44-41-38-35-31-26-23-20-17-14-11-8-5-2/h27-28,53H,4-26,29-52H2,1-3H3/b28-27-. The second-order valence-electron chi connectivity index (χ2n) is 18.9. The van der Waals surface area contributed by atoms with Crippen LogP contribution in [0.3, 0.4) is 0 Å². The number of hydrogen-bond donors (Lipinski definition) is 0. The highest BCUT2D eigenvalue weighted by Gasteiger charge is 2.19. The Labute approximate surface area is 386 Å². The van der Waals surface area contributed by atoms with E-state index in [1.165, 1.54) is 212 Å². The fraction of sp³-hybridized carbons (Fsp3) is 0.911. The van der Waals surface area contributed by atoms with Gasteiger partial charge in [-0.05, 0) is 44.9 Å². The van der Waals surface area contributed by atoms with Gasteiger partial charge in [-0.2, -0.15) is 0 Å². The van der Waals surface area contributed by atoms with E-state index < -0.39 is 6.10 Å². The van der Waals surface area contributed by atoms with Crippen molar-refractivity contribution in [1.29, 1.82) is 0 Å². The Bertz CT molecular complexity index is 962. The third kappa shape index (κ3) is 49.2. The third-order valence-corrected chi connectivity index (χ3v) is 12.5. The second-order valence-corrected chi connectivity index (χ2v) is 18.9. The predicted molar refractivity (Wildman–Crippen MR) is 266 cm³/mol. The van der Waals surface area contributed by atoms with Crippen molar-refractivity contribution >= 4 is 17.9 Å². The summed E-state index contributed by atoms with van der Waals surface area (Å²) in [7, 11) is 0. The molecule has 0 aliphatic rings. The molecule has 0 heterocycles. The van der Waals surface area contributed by atoms with Crippen molar-refractivity contribution in [3.8, 4) is 0 Å². The van der Waals surface area contributed by atoms with Crippen molar-refractivity contribution in [2.24, 2.45) is 0 Å². The average Bonchev–Trinajstić information content (AvgIpc) is 3.27. The largest absolute Gasteiger partial charge is 0.462 e. The van der Waals surface area contributed by atoms with Crippen LogP contribution in [0.15, 0.2) is 12.2 Å². The topological polar surface area (TPSA) is 78.9 Å². The zero-order valence-corrected chi connectivity index (χ0v) is 41.9. The van der Waals surface area contributed by atoms with E-state index in [1.54, 1.807) is 0 Å². The monoisotopic (exact) mass is 875 g/mol. The summed E-state index contributed by atoms with van der Waals surface area (Å²) in [5.41, 5.74) is 0. The summed E-state index contributed by atoms with van der Waals surface area (Å²) in [6.45, 7) is 6.67. The molecule has 0 N–H and O–H groups in total. The van der Waals surface area contributed by atoms with Crippen molar-refractivity contribution in [1.82, 2.24) is 0 Å². The number of rotatable bonds is 51. The van der Waals surface area contributed by atoms with Crippen LogP contribution in [-0.2, 0) is 28.6 Å². The van der Waals surface area contributed by atoms with Crippen LogP contribution in [0, 0.1) is 0 Å². The molecule has 0 aromatic rings. The summed E-state index contributed by atoms with van der Waals surface area (Å²) >= 11 is 0. The molecule has 1 unspecified atom stereocenters. The van der Waals surface area contributed by atoms with Crippen molar-refractivity contribution < 1.29 is 28.6 Å². The fourth-order valence-electron chi connectivity index (χ4n) is 8.32. The number of allylic oxidation sites excluding steroid dienone is 2. The molecule has 0 radical (unpaired) electrons. The minimum absolute atomic E-state index is 0.0656. The highest BCUT2D eigenvalue weighted by molar-refractivity contribution is 5.71. The second kappa shape index (κ2) is 51.8. The fourth-order valence-corrected chi connectivity index (χ4v) is 8.32. The molecular weight excluding hydrogens is 769 g/mol. The number of hydrogen-bond acceptors (Lipinski definition) is 6. The van der Waals surface area contributed by atoms with Crippen LogP contribution in [0.4, 0.5) is 0 Å². The van der Waals surface area contributed by atoms with Crippen LogP contribution >= 0.6 is 0 Å². The number of unbranched alkanes of at least 4 members (excludes halogenated alkanes) is 38. The average molecular weight is 875 g/mol. The van der Waals surface area contributed by atoms with E-state index in [1.807, 2.05) is 0 Å². The minimum atomic E-state index is -0.765. The lowest BCUT2D eigenvalue weighted by Crippen LogP contribution is -2.30. The maximum absolute atomic E-state index is 12.8. The first-order valence-electron chi connectivity index (χ1n) is 27.7. The first-order chi connectivity index (χ1) is 30.5. The number of esters is 3. The van der Waals surface area contributed by atoms with Gasteiger partial charge in [0.1, 0.15) is 13.2 Å². The van der Waals surface area contributed by atoms with Crippen LogP contribution in [0.1, 0.15) is 310 Å². The Hall–Kier alpha value is -1.85. The number of ether oxygens (including phenoxy) is 3. The first-order valence-corrected chi connectivity index (χ1v) is 27.7. The van der Waals surface area contributed by atoms with E-state index in [0.29, 0.717) is 19.3 Å². The SMILES string of the molecule is CCCCCCCCC/C=C\CCCCCCCCCC(=O)OCC(COC(=O)CCCCCCCCCCCCCC)OC(=O)CCCCCCCCCCCCCCCC. The predicted octanol–water partition coefficient (Wildman–Crippen LogP) is 18.2. The molecule has 0 aliphatic heterocycles. The molecule has 366 valence electrons. The van der Waals surface area contributed by atoms with Crippen LogP contribution in [0.5, 0.6) is 0 Å². The first kappa shape index (κ1) is 60.2. The van der Waals surface area contributed by atoms with Gasteiger partial charge in [-0.25, -0.2) is 0 Å².